The Hall–Kier alpha value is -1.89. The number of benzene rings is 1. The second-order valence-electron chi connectivity index (χ2n) is 5.87. The zero-order chi connectivity index (χ0) is 17.6. The minimum Gasteiger partial charge on any atom is -0.457 e. The van der Waals surface area contributed by atoms with Crippen LogP contribution >= 0.6 is 11.6 Å². The molecule has 0 N–H and O–H groups in total. The summed E-state index contributed by atoms with van der Waals surface area (Å²) < 4.78 is 21.6. The normalized spacial score (nSPS) is 18.2. The van der Waals surface area contributed by atoms with Gasteiger partial charge in [0.2, 0.25) is 5.89 Å². The van der Waals surface area contributed by atoms with Gasteiger partial charge in [0.1, 0.15) is 18.6 Å². The number of oxazole rings is 1. The van der Waals surface area contributed by atoms with Crippen molar-refractivity contribution in [1.29, 1.82) is 0 Å². The van der Waals surface area contributed by atoms with Gasteiger partial charge in [-0.2, -0.15) is 0 Å². The fraction of sp³-hybridized carbons (Fsp3) is 0.444. The number of carbonyl (C=O) groups is 1. The molecule has 1 saturated heterocycles. The molecule has 3 rings (SSSR count). The van der Waals surface area contributed by atoms with Gasteiger partial charge >= 0.3 is 5.97 Å². The molecule has 2 unspecified atom stereocenters. The average Bonchev–Trinajstić information content (AvgIpc) is 3.29. The highest BCUT2D eigenvalue weighted by atomic mass is 35.5. The SMILES string of the molecule is CC(OCC1CCCO1)C(=O)OCc1coc(-c2cccc(Cl)c2)n1. The molecular formula is C18H20ClNO5. The van der Waals surface area contributed by atoms with E-state index in [1.54, 1.807) is 19.1 Å². The van der Waals surface area contributed by atoms with Crippen LogP contribution in [0.3, 0.4) is 0 Å². The van der Waals surface area contributed by atoms with Crippen LogP contribution in [0.1, 0.15) is 25.5 Å². The third kappa shape index (κ3) is 5.04. The van der Waals surface area contributed by atoms with Crippen LogP contribution in [-0.2, 0) is 25.6 Å². The Labute approximate surface area is 151 Å². The van der Waals surface area contributed by atoms with Crippen molar-refractivity contribution in [3.63, 3.8) is 0 Å². The van der Waals surface area contributed by atoms with Gasteiger partial charge in [0.25, 0.3) is 0 Å². The molecule has 2 atom stereocenters. The van der Waals surface area contributed by atoms with Gasteiger partial charge in [-0.3, -0.25) is 0 Å². The van der Waals surface area contributed by atoms with E-state index < -0.39 is 12.1 Å². The van der Waals surface area contributed by atoms with Crippen molar-refractivity contribution in [3.05, 3.63) is 41.2 Å². The van der Waals surface area contributed by atoms with E-state index in [-0.39, 0.29) is 12.7 Å². The molecule has 0 bridgehead atoms. The fourth-order valence-electron chi connectivity index (χ4n) is 2.49. The number of aromatic nitrogens is 1. The lowest BCUT2D eigenvalue weighted by atomic mass is 10.2. The summed E-state index contributed by atoms with van der Waals surface area (Å²) in [6, 6.07) is 7.18. The molecule has 2 heterocycles. The summed E-state index contributed by atoms with van der Waals surface area (Å²) in [6.07, 6.45) is 2.89. The number of hydrogen-bond donors (Lipinski definition) is 0. The first-order chi connectivity index (χ1) is 12.1. The van der Waals surface area contributed by atoms with Crippen LogP contribution in [0, 0.1) is 0 Å². The van der Waals surface area contributed by atoms with Crippen molar-refractivity contribution in [2.75, 3.05) is 13.2 Å². The third-order valence-corrected chi connectivity index (χ3v) is 4.11. The molecule has 1 aromatic heterocycles. The lowest BCUT2D eigenvalue weighted by molar-refractivity contribution is -0.159. The Morgan fingerprint density at radius 3 is 3.12 bits per heavy atom. The number of hydrogen-bond acceptors (Lipinski definition) is 6. The standard InChI is InChI=1S/C18H20ClNO5/c1-12(23-11-16-6-3-7-22-16)18(21)25-10-15-9-24-17(20-15)13-4-2-5-14(19)8-13/h2,4-5,8-9,12,16H,3,6-7,10-11H2,1H3. The molecular weight excluding hydrogens is 346 g/mol. The Kier molecular flexibility index (Phi) is 6.07. The fourth-order valence-corrected chi connectivity index (χ4v) is 2.68. The van der Waals surface area contributed by atoms with Crippen LogP contribution in [0.15, 0.2) is 34.9 Å². The summed E-state index contributed by atoms with van der Waals surface area (Å²) in [4.78, 5) is 16.3. The molecule has 2 aromatic rings. The van der Waals surface area contributed by atoms with Crippen molar-refractivity contribution in [2.45, 2.75) is 38.6 Å². The first-order valence-electron chi connectivity index (χ1n) is 8.22. The second kappa shape index (κ2) is 8.47. The molecule has 25 heavy (non-hydrogen) atoms. The molecule has 0 amide bonds. The molecule has 0 aliphatic carbocycles. The second-order valence-corrected chi connectivity index (χ2v) is 6.31. The minimum absolute atomic E-state index is 0.0243. The molecule has 0 spiro atoms. The Morgan fingerprint density at radius 1 is 1.48 bits per heavy atom. The van der Waals surface area contributed by atoms with E-state index in [0.717, 1.165) is 25.0 Å². The van der Waals surface area contributed by atoms with Crippen LogP contribution in [0.4, 0.5) is 0 Å². The highest BCUT2D eigenvalue weighted by molar-refractivity contribution is 6.30. The Balaban J connectivity index is 1.47. The monoisotopic (exact) mass is 365 g/mol. The summed E-state index contributed by atoms with van der Waals surface area (Å²) in [5.41, 5.74) is 1.29. The number of carbonyl (C=O) groups excluding carboxylic acids is 1. The van der Waals surface area contributed by atoms with E-state index in [4.69, 9.17) is 30.2 Å². The summed E-state index contributed by atoms with van der Waals surface area (Å²) in [7, 11) is 0. The number of rotatable bonds is 7. The van der Waals surface area contributed by atoms with Crippen LogP contribution in [0.2, 0.25) is 5.02 Å². The number of esters is 1. The maximum Gasteiger partial charge on any atom is 0.335 e. The number of ether oxygens (including phenoxy) is 3. The van der Waals surface area contributed by atoms with Gasteiger partial charge in [0.15, 0.2) is 6.10 Å². The first-order valence-corrected chi connectivity index (χ1v) is 8.60. The molecule has 7 heteroatoms. The highest BCUT2D eigenvalue weighted by Crippen LogP contribution is 2.22. The van der Waals surface area contributed by atoms with Crippen LogP contribution < -0.4 is 0 Å². The van der Waals surface area contributed by atoms with Crippen LogP contribution in [-0.4, -0.2) is 36.4 Å². The summed E-state index contributed by atoms with van der Waals surface area (Å²) >= 11 is 5.95. The lowest BCUT2D eigenvalue weighted by Crippen LogP contribution is -2.27. The Morgan fingerprint density at radius 2 is 2.36 bits per heavy atom. The molecule has 1 aliphatic heterocycles. The summed E-state index contributed by atoms with van der Waals surface area (Å²) in [5, 5.41) is 0.598. The van der Waals surface area contributed by atoms with Crippen molar-refractivity contribution in [3.8, 4) is 11.5 Å². The van der Waals surface area contributed by atoms with E-state index in [0.29, 0.717) is 23.2 Å². The summed E-state index contributed by atoms with van der Waals surface area (Å²) in [6.45, 7) is 2.85. The topological polar surface area (TPSA) is 70.8 Å². The van der Waals surface area contributed by atoms with Crippen LogP contribution in [0.25, 0.3) is 11.5 Å². The number of nitrogens with zero attached hydrogens (tertiary/aromatic N) is 1. The Bertz CT molecular complexity index is 711. The first kappa shape index (κ1) is 17.9. The van der Waals surface area contributed by atoms with Crippen molar-refractivity contribution in [2.24, 2.45) is 0 Å². The van der Waals surface area contributed by atoms with E-state index in [1.165, 1.54) is 6.26 Å². The maximum absolute atomic E-state index is 12.0. The van der Waals surface area contributed by atoms with Gasteiger partial charge in [-0.05, 0) is 38.0 Å². The van der Waals surface area contributed by atoms with Gasteiger partial charge < -0.3 is 18.6 Å². The number of halogens is 1. The minimum atomic E-state index is -0.650. The van der Waals surface area contributed by atoms with Crippen LogP contribution in [0.5, 0.6) is 0 Å². The van der Waals surface area contributed by atoms with E-state index in [9.17, 15) is 4.79 Å². The summed E-state index contributed by atoms with van der Waals surface area (Å²) in [5.74, 6) is -0.0125. The van der Waals surface area contributed by atoms with Gasteiger partial charge in [-0.1, -0.05) is 17.7 Å². The average molecular weight is 366 g/mol. The van der Waals surface area contributed by atoms with E-state index >= 15 is 0 Å². The van der Waals surface area contributed by atoms with E-state index in [1.807, 2.05) is 12.1 Å². The zero-order valence-electron chi connectivity index (χ0n) is 13.9. The molecule has 1 fully saturated rings. The lowest BCUT2D eigenvalue weighted by Gasteiger charge is -2.15. The van der Waals surface area contributed by atoms with Gasteiger partial charge in [0, 0.05) is 17.2 Å². The largest absolute Gasteiger partial charge is 0.457 e. The molecule has 1 aromatic carbocycles. The van der Waals surface area contributed by atoms with Gasteiger partial charge in [-0.25, -0.2) is 9.78 Å². The predicted octanol–water partition coefficient (Wildman–Crippen LogP) is 3.62. The molecule has 1 aliphatic rings. The molecule has 0 radical (unpaired) electrons. The van der Waals surface area contributed by atoms with Gasteiger partial charge in [-0.15, -0.1) is 0 Å². The van der Waals surface area contributed by atoms with Crippen molar-refractivity contribution in [1.82, 2.24) is 4.98 Å². The maximum atomic E-state index is 12.0. The van der Waals surface area contributed by atoms with Gasteiger partial charge in [0.05, 0.1) is 12.7 Å². The smallest absolute Gasteiger partial charge is 0.335 e. The zero-order valence-corrected chi connectivity index (χ0v) is 14.7. The van der Waals surface area contributed by atoms with Crippen molar-refractivity contribution >= 4 is 17.6 Å². The highest BCUT2D eigenvalue weighted by Gasteiger charge is 2.21. The predicted molar refractivity (Wildman–Crippen MR) is 91.1 cm³/mol. The molecule has 134 valence electrons. The van der Waals surface area contributed by atoms with E-state index in [2.05, 4.69) is 4.98 Å². The third-order valence-electron chi connectivity index (χ3n) is 3.87. The molecule has 0 saturated carbocycles. The quantitative estimate of drug-likeness (QED) is 0.698. The molecule has 6 nitrogen and oxygen atoms in total. The van der Waals surface area contributed by atoms with Crippen molar-refractivity contribution < 1.29 is 23.4 Å².